The molecule has 0 fully saturated rings. The van der Waals surface area contributed by atoms with Crippen LogP contribution in [0.5, 0.6) is 0 Å². The van der Waals surface area contributed by atoms with Crippen LogP contribution in [0.15, 0.2) is 57.8 Å². The van der Waals surface area contributed by atoms with Crippen molar-refractivity contribution in [2.45, 2.75) is 4.90 Å². The summed E-state index contributed by atoms with van der Waals surface area (Å²) in [5.74, 6) is 0. The zero-order chi connectivity index (χ0) is 13.2. The highest BCUT2D eigenvalue weighted by atomic mass is 35.5. The maximum absolute atomic E-state index is 11.8. The molecule has 2 aromatic rings. The maximum Gasteiger partial charge on any atom is 0.282 e. The summed E-state index contributed by atoms with van der Waals surface area (Å²) in [5.41, 5.74) is 1.18. The first-order chi connectivity index (χ1) is 8.56. The summed E-state index contributed by atoms with van der Waals surface area (Å²) >= 11 is 6.08. The SMILES string of the molecule is C=NS(=O)(=O)c1ccccc1-c1ccccc1Cl. The van der Waals surface area contributed by atoms with E-state index in [9.17, 15) is 8.42 Å². The van der Waals surface area contributed by atoms with Gasteiger partial charge in [-0.25, -0.2) is 0 Å². The van der Waals surface area contributed by atoms with Gasteiger partial charge in [0.1, 0.15) is 0 Å². The number of sulfonamides is 1. The molecule has 92 valence electrons. The standard InChI is InChI=1S/C13H10ClNO2S/c1-15-18(16,17)13-9-5-3-7-11(13)10-6-2-4-8-12(10)14/h2-9H,1H2. The Morgan fingerprint density at radius 2 is 1.50 bits per heavy atom. The average molecular weight is 280 g/mol. The molecule has 0 radical (unpaired) electrons. The minimum Gasteiger partial charge on any atom is -0.199 e. The molecule has 0 aliphatic rings. The summed E-state index contributed by atoms with van der Waals surface area (Å²) in [6, 6.07) is 13.6. The van der Waals surface area contributed by atoms with Crippen molar-refractivity contribution in [1.29, 1.82) is 0 Å². The first-order valence-electron chi connectivity index (χ1n) is 5.13. The van der Waals surface area contributed by atoms with Crippen LogP contribution < -0.4 is 0 Å². The van der Waals surface area contributed by atoms with Crippen molar-refractivity contribution in [3.05, 3.63) is 53.6 Å². The lowest BCUT2D eigenvalue weighted by Gasteiger charge is -2.08. The van der Waals surface area contributed by atoms with Crippen LogP contribution in [-0.4, -0.2) is 15.1 Å². The molecule has 0 aromatic heterocycles. The molecule has 5 heteroatoms. The number of hydrogen-bond acceptors (Lipinski definition) is 2. The van der Waals surface area contributed by atoms with Crippen LogP contribution in [0.3, 0.4) is 0 Å². The molecule has 0 saturated heterocycles. The van der Waals surface area contributed by atoms with E-state index < -0.39 is 10.0 Å². The van der Waals surface area contributed by atoms with E-state index in [2.05, 4.69) is 11.1 Å². The lowest BCUT2D eigenvalue weighted by Crippen LogP contribution is -1.98. The van der Waals surface area contributed by atoms with Crippen molar-refractivity contribution in [1.82, 2.24) is 0 Å². The molecule has 0 saturated carbocycles. The molecule has 0 heterocycles. The fourth-order valence-electron chi connectivity index (χ4n) is 1.66. The zero-order valence-corrected chi connectivity index (χ0v) is 10.9. The Morgan fingerprint density at radius 3 is 2.11 bits per heavy atom. The van der Waals surface area contributed by atoms with E-state index >= 15 is 0 Å². The van der Waals surface area contributed by atoms with Crippen molar-refractivity contribution in [3.8, 4) is 11.1 Å². The molecule has 0 aliphatic carbocycles. The van der Waals surface area contributed by atoms with E-state index in [0.717, 1.165) is 0 Å². The Kier molecular flexibility index (Phi) is 3.50. The van der Waals surface area contributed by atoms with Crippen LogP contribution >= 0.6 is 11.6 Å². The highest BCUT2D eigenvalue weighted by molar-refractivity contribution is 7.90. The highest BCUT2D eigenvalue weighted by Gasteiger charge is 2.18. The third-order valence-electron chi connectivity index (χ3n) is 2.50. The number of nitrogens with zero attached hydrogens (tertiary/aromatic N) is 1. The van der Waals surface area contributed by atoms with Crippen LogP contribution in [-0.2, 0) is 10.0 Å². The Hall–Kier alpha value is -1.65. The van der Waals surface area contributed by atoms with E-state index in [1.807, 2.05) is 0 Å². The van der Waals surface area contributed by atoms with Crippen LogP contribution in [0.1, 0.15) is 0 Å². The van der Waals surface area contributed by atoms with Crippen molar-refractivity contribution in [2.24, 2.45) is 4.40 Å². The van der Waals surface area contributed by atoms with Gasteiger partial charge in [-0.05, 0) is 12.1 Å². The van der Waals surface area contributed by atoms with Crippen molar-refractivity contribution in [2.75, 3.05) is 0 Å². The molecular formula is C13H10ClNO2S. The van der Waals surface area contributed by atoms with Gasteiger partial charge >= 0.3 is 0 Å². The first-order valence-corrected chi connectivity index (χ1v) is 6.95. The summed E-state index contributed by atoms with van der Waals surface area (Å²) in [6.45, 7) is 3.10. The van der Waals surface area contributed by atoms with E-state index in [1.54, 1.807) is 42.5 Å². The second-order valence-electron chi connectivity index (χ2n) is 3.58. The van der Waals surface area contributed by atoms with E-state index in [4.69, 9.17) is 11.6 Å². The van der Waals surface area contributed by atoms with Crippen molar-refractivity contribution < 1.29 is 8.42 Å². The largest absolute Gasteiger partial charge is 0.282 e. The molecule has 3 nitrogen and oxygen atoms in total. The zero-order valence-electron chi connectivity index (χ0n) is 9.38. The van der Waals surface area contributed by atoms with Crippen LogP contribution in [0.25, 0.3) is 11.1 Å². The van der Waals surface area contributed by atoms with E-state index in [0.29, 0.717) is 16.1 Å². The topological polar surface area (TPSA) is 46.5 Å². The second-order valence-corrected chi connectivity index (χ2v) is 5.64. The molecule has 18 heavy (non-hydrogen) atoms. The third-order valence-corrected chi connectivity index (χ3v) is 4.08. The van der Waals surface area contributed by atoms with Crippen LogP contribution in [0, 0.1) is 0 Å². The number of halogens is 1. The fraction of sp³-hybridized carbons (Fsp3) is 0. The van der Waals surface area contributed by atoms with Crippen LogP contribution in [0.2, 0.25) is 5.02 Å². The van der Waals surface area contributed by atoms with Gasteiger partial charge in [-0.3, -0.25) is 0 Å². The molecule has 0 aliphatic heterocycles. The average Bonchev–Trinajstić information content (AvgIpc) is 2.39. The smallest absolute Gasteiger partial charge is 0.199 e. The van der Waals surface area contributed by atoms with Gasteiger partial charge in [0.2, 0.25) is 0 Å². The minimum absolute atomic E-state index is 0.105. The van der Waals surface area contributed by atoms with Gasteiger partial charge in [0.05, 0.1) is 4.90 Å². The summed E-state index contributed by atoms with van der Waals surface area (Å²) in [4.78, 5) is 0.105. The molecule has 2 rings (SSSR count). The molecule has 0 unspecified atom stereocenters. The Balaban J connectivity index is 2.75. The Labute approximate surface area is 111 Å². The van der Waals surface area contributed by atoms with Gasteiger partial charge in [-0.2, -0.15) is 12.8 Å². The fourth-order valence-corrected chi connectivity index (χ4v) is 2.75. The molecule has 0 spiro atoms. The number of rotatable bonds is 3. The third kappa shape index (κ3) is 2.30. The predicted molar refractivity (Wildman–Crippen MR) is 73.6 cm³/mol. The molecule has 0 amide bonds. The van der Waals surface area contributed by atoms with Gasteiger partial charge in [0, 0.05) is 22.9 Å². The predicted octanol–water partition coefficient (Wildman–Crippen LogP) is 3.40. The highest BCUT2D eigenvalue weighted by Crippen LogP contribution is 2.32. The van der Waals surface area contributed by atoms with Crippen molar-refractivity contribution >= 4 is 28.3 Å². The normalized spacial score (nSPS) is 11.2. The number of hydrogen-bond donors (Lipinski definition) is 0. The summed E-state index contributed by atoms with van der Waals surface area (Å²) < 4.78 is 26.9. The number of benzene rings is 2. The molecule has 0 bridgehead atoms. The van der Waals surface area contributed by atoms with Gasteiger partial charge in [-0.1, -0.05) is 48.0 Å². The Morgan fingerprint density at radius 1 is 0.944 bits per heavy atom. The lowest BCUT2D eigenvalue weighted by molar-refractivity contribution is 0.598. The summed E-state index contributed by atoms with van der Waals surface area (Å²) in [7, 11) is -3.74. The summed E-state index contributed by atoms with van der Waals surface area (Å²) in [6.07, 6.45) is 0. The Bertz CT molecular complexity index is 696. The van der Waals surface area contributed by atoms with Crippen LogP contribution in [0.4, 0.5) is 0 Å². The first kappa shape index (κ1) is 12.8. The monoisotopic (exact) mass is 279 g/mol. The van der Waals surface area contributed by atoms with Gasteiger partial charge in [0.25, 0.3) is 10.0 Å². The molecule has 0 atom stereocenters. The van der Waals surface area contributed by atoms with E-state index in [-0.39, 0.29) is 4.90 Å². The maximum atomic E-state index is 11.8. The van der Waals surface area contributed by atoms with Crippen molar-refractivity contribution in [3.63, 3.8) is 0 Å². The quantitative estimate of drug-likeness (QED) is 0.809. The molecule has 0 N–H and O–H groups in total. The second kappa shape index (κ2) is 4.92. The van der Waals surface area contributed by atoms with Gasteiger partial charge in [-0.15, -0.1) is 0 Å². The molecule has 2 aromatic carbocycles. The lowest BCUT2D eigenvalue weighted by atomic mass is 10.1. The van der Waals surface area contributed by atoms with E-state index in [1.165, 1.54) is 6.07 Å². The minimum atomic E-state index is -3.74. The summed E-state index contributed by atoms with van der Waals surface area (Å²) in [5, 5.41) is 0.490. The van der Waals surface area contributed by atoms with Gasteiger partial charge < -0.3 is 0 Å². The molecular weight excluding hydrogens is 270 g/mol. The van der Waals surface area contributed by atoms with Gasteiger partial charge in [0.15, 0.2) is 0 Å².